The molecule has 4 nitrogen and oxygen atoms in total. The minimum atomic E-state index is 0.0519. The Balaban J connectivity index is 2.36. The molecule has 0 saturated carbocycles. The fourth-order valence-corrected chi connectivity index (χ4v) is 2.91. The van der Waals surface area contributed by atoms with Crippen molar-refractivity contribution < 1.29 is 0 Å². The van der Waals surface area contributed by atoms with Gasteiger partial charge in [-0.25, -0.2) is 4.98 Å². The average molecular weight is 305 g/mol. The van der Waals surface area contributed by atoms with Gasteiger partial charge in [0, 0.05) is 24.2 Å². The number of pyridine rings is 1. The molecule has 0 spiro atoms. The minimum Gasteiger partial charge on any atom is -0.362 e. The first kappa shape index (κ1) is 15.8. The van der Waals surface area contributed by atoms with Crippen molar-refractivity contribution in [3.8, 4) is 11.3 Å². The van der Waals surface area contributed by atoms with Crippen LogP contribution in [0.2, 0.25) is 0 Å². The number of nitrogens with zero attached hydrogens (tertiary/aromatic N) is 2. The first-order valence-corrected chi connectivity index (χ1v) is 8.31. The molecular formula is C16H23N3OS. The Hall–Kier alpha value is -1.62. The number of aryl methyl sites for hydroxylation is 1. The molecule has 2 rings (SSSR count). The summed E-state index contributed by atoms with van der Waals surface area (Å²) in [6.07, 6.45) is 1.06. The van der Waals surface area contributed by atoms with Crippen LogP contribution in [0.3, 0.4) is 0 Å². The van der Waals surface area contributed by atoms with Crippen molar-refractivity contribution in [2.24, 2.45) is 5.92 Å². The van der Waals surface area contributed by atoms with Crippen LogP contribution in [0.25, 0.3) is 11.3 Å². The zero-order chi connectivity index (χ0) is 15.4. The molecule has 0 fully saturated rings. The predicted octanol–water partition coefficient (Wildman–Crippen LogP) is 3.76. The standard InChI is InChI=1S/C16H23N3OS/c1-5-8-17-16-18-14(10-21-16)13-7-6-12(4)19(15(13)20)9-11(2)3/h6-7,10-11H,5,8-9H2,1-4H3,(H,17,18). The summed E-state index contributed by atoms with van der Waals surface area (Å²) in [6, 6.07) is 3.88. The highest BCUT2D eigenvalue weighted by Gasteiger charge is 2.12. The second kappa shape index (κ2) is 6.89. The number of hydrogen-bond donors (Lipinski definition) is 1. The number of thiazole rings is 1. The highest BCUT2D eigenvalue weighted by Crippen LogP contribution is 2.23. The van der Waals surface area contributed by atoms with Gasteiger partial charge in [0.1, 0.15) is 0 Å². The third kappa shape index (κ3) is 3.73. The number of hydrogen-bond acceptors (Lipinski definition) is 4. The first-order chi connectivity index (χ1) is 10.0. The van der Waals surface area contributed by atoms with Crippen LogP contribution in [-0.2, 0) is 6.54 Å². The largest absolute Gasteiger partial charge is 0.362 e. The van der Waals surface area contributed by atoms with E-state index in [1.54, 1.807) is 11.3 Å². The summed E-state index contributed by atoms with van der Waals surface area (Å²) in [5.41, 5.74) is 2.50. The molecule has 2 heterocycles. The SMILES string of the molecule is CCCNc1nc(-c2ccc(C)n(CC(C)C)c2=O)cs1. The Morgan fingerprint density at radius 1 is 1.38 bits per heavy atom. The van der Waals surface area contributed by atoms with Gasteiger partial charge in [0.15, 0.2) is 5.13 Å². The highest BCUT2D eigenvalue weighted by molar-refractivity contribution is 7.14. The molecule has 1 N–H and O–H groups in total. The summed E-state index contributed by atoms with van der Waals surface area (Å²) in [7, 11) is 0. The van der Waals surface area contributed by atoms with E-state index in [1.165, 1.54) is 0 Å². The molecule has 0 amide bonds. The zero-order valence-corrected chi connectivity index (χ0v) is 14.0. The molecule has 21 heavy (non-hydrogen) atoms. The van der Waals surface area contributed by atoms with Crippen LogP contribution in [0.5, 0.6) is 0 Å². The third-order valence-electron chi connectivity index (χ3n) is 3.25. The van der Waals surface area contributed by atoms with Gasteiger partial charge in [-0.2, -0.15) is 0 Å². The van der Waals surface area contributed by atoms with Crippen molar-refractivity contribution in [2.75, 3.05) is 11.9 Å². The Morgan fingerprint density at radius 2 is 2.14 bits per heavy atom. The molecule has 2 aromatic heterocycles. The van der Waals surface area contributed by atoms with E-state index >= 15 is 0 Å². The smallest absolute Gasteiger partial charge is 0.260 e. The summed E-state index contributed by atoms with van der Waals surface area (Å²) in [5.74, 6) is 0.439. The van der Waals surface area contributed by atoms with Gasteiger partial charge in [-0.15, -0.1) is 11.3 Å². The summed E-state index contributed by atoms with van der Waals surface area (Å²) in [6.45, 7) is 9.97. The van der Waals surface area contributed by atoms with Crippen LogP contribution in [0.15, 0.2) is 22.3 Å². The fraction of sp³-hybridized carbons (Fsp3) is 0.500. The molecule has 0 atom stereocenters. The Morgan fingerprint density at radius 3 is 2.81 bits per heavy atom. The van der Waals surface area contributed by atoms with Gasteiger partial charge in [0.05, 0.1) is 11.3 Å². The summed E-state index contributed by atoms with van der Waals surface area (Å²) in [4.78, 5) is 17.2. The third-order valence-corrected chi connectivity index (χ3v) is 4.05. The van der Waals surface area contributed by atoms with Crippen molar-refractivity contribution in [2.45, 2.75) is 40.7 Å². The number of nitrogens with one attached hydrogen (secondary N) is 1. The molecule has 0 radical (unpaired) electrons. The van der Waals surface area contributed by atoms with Gasteiger partial charge in [-0.05, 0) is 31.4 Å². The Kier molecular flexibility index (Phi) is 5.17. The molecule has 0 aliphatic heterocycles. The van der Waals surface area contributed by atoms with E-state index < -0.39 is 0 Å². The number of rotatable bonds is 6. The van der Waals surface area contributed by atoms with Crippen LogP contribution in [0.4, 0.5) is 5.13 Å². The van der Waals surface area contributed by atoms with Crippen LogP contribution in [-0.4, -0.2) is 16.1 Å². The lowest BCUT2D eigenvalue weighted by atomic mass is 10.1. The molecule has 114 valence electrons. The molecule has 0 aliphatic rings. The maximum absolute atomic E-state index is 12.7. The van der Waals surface area contributed by atoms with Gasteiger partial charge in [-0.3, -0.25) is 4.79 Å². The fourth-order valence-electron chi connectivity index (χ4n) is 2.17. The molecule has 0 aliphatic carbocycles. The van der Waals surface area contributed by atoms with Crippen LogP contribution < -0.4 is 10.9 Å². The molecular weight excluding hydrogens is 282 g/mol. The van der Waals surface area contributed by atoms with Crippen molar-refractivity contribution in [3.63, 3.8) is 0 Å². The van der Waals surface area contributed by atoms with Gasteiger partial charge >= 0.3 is 0 Å². The summed E-state index contributed by atoms with van der Waals surface area (Å²) >= 11 is 1.55. The summed E-state index contributed by atoms with van der Waals surface area (Å²) < 4.78 is 1.85. The molecule has 0 unspecified atom stereocenters. The maximum atomic E-state index is 12.7. The monoisotopic (exact) mass is 305 g/mol. The molecule has 2 aromatic rings. The van der Waals surface area contributed by atoms with E-state index in [2.05, 4.69) is 31.1 Å². The van der Waals surface area contributed by atoms with E-state index in [9.17, 15) is 4.79 Å². The number of anilines is 1. The van der Waals surface area contributed by atoms with Crippen LogP contribution in [0, 0.1) is 12.8 Å². The quantitative estimate of drug-likeness (QED) is 0.884. The lowest BCUT2D eigenvalue weighted by molar-refractivity contribution is 0.503. The van der Waals surface area contributed by atoms with Crippen molar-refractivity contribution in [1.82, 2.24) is 9.55 Å². The molecule has 5 heteroatoms. The minimum absolute atomic E-state index is 0.0519. The zero-order valence-electron chi connectivity index (χ0n) is 13.1. The lowest BCUT2D eigenvalue weighted by Gasteiger charge is -2.13. The highest BCUT2D eigenvalue weighted by atomic mass is 32.1. The second-order valence-electron chi connectivity index (χ2n) is 5.66. The average Bonchev–Trinajstić information content (AvgIpc) is 2.89. The topological polar surface area (TPSA) is 46.9 Å². The van der Waals surface area contributed by atoms with Crippen molar-refractivity contribution >= 4 is 16.5 Å². The van der Waals surface area contributed by atoms with Gasteiger partial charge in [-0.1, -0.05) is 20.8 Å². The van der Waals surface area contributed by atoms with E-state index in [4.69, 9.17) is 0 Å². The maximum Gasteiger partial charge on any atom is 0.260 e. The first-order valence-electron chi connectivity index (χ1n) is 7.43. The van der Waals surface area contributed by atoms with Gasteiger partial charge in [0.2, 0.25) is 0 Å². The van der Waals surface area contributed by atoms with Gasteiger partial charge in [0.25, 0.3) is 5.56 Å². The number of aromatic nitrogens is 2. The van der Waals surface area contributed by atoms with E-state index in [-0.39, 0.29) is 5.56 Å². The molecule has 0 saturated heterocycles. The van der Waals surface area contributed by atoms with Crippen molar-refractivity contribution in [1.29, 1.82) is 0 Å². The van der Waals surface area contributed by atoms with E-state index in [0.29, 0.717) is 11.5 Å². The molecule has 0 aromatic carbocycles. The van der Waals surface area contributed by atoms with E-state index in [0.717, 1.165) is 36.0 Å². The van der Waals surface area contributed by atoms with Crippen LogP contribution in [0.1, 0.15) is 32.9 Å². The molecule has 0 bridgehead atoms. The normalized spacial score (nSPS) is 11.1. The van der Waals surface area contributed by atoms with E-state index in [1.807, 2.05) is 29.0 Å². The lowest BCUT2D eigenvalue weighted by Crippen LogP contribution is -2.25. The van der Waals surface area contributed by atoms with Gasteiger partial charge < -0.3 is 9.88 Å². The Labute approximate surface area is 129 Å². The van der Waals surface area contributed by atoms with Crippen molar-refractivity contribution in [3.05, 3.63) is 33.6 Å². The Bertz CT molecular complexity index is 658. The second-order valence-corrected chi connectivity index (χ2v) is 6.52. The van der Waals surface area contributed by atoms with Crippen LogP contribution >= 0.6 is 11.3 Å². The predicted molar refractivity (Wildman–Crippen MR) is 90.2 cm³/mol. The summed E-state index contributed by atoms with van der Waals surface area (Å²) in [5, 5.41) is 6.09.